The van der Waals surface area contributed by atoms with Crippen molar-refractivity contribution in [1.29, 1.82) is 0 Å². The van der Waals surface area contributed by atoms with E-state index in [1.54, 1.807) is 52.0 Å². The zero-order valence-electron chi connectivity index (χ0n) is 36.9. The lowest BCUT2D eigenvalue weighted by atomic mass is 9.87. The van der Waals surface area contributed by atoms with Gasteiger partial charge in [-0.05, 0) is 83.4 Å². The molecule has 2 atom stereocenters. The molecule has 17 nitrogen and oxygen atoms in total. The molecule has 0 aliphatic rings. The number of unbranched alkanes of at least 4 members (excludes halogenated alkanes) is 2. The first-order chi connectivity index (χ1) is 27.6. The normalized spacial score (nSPS) is 12.8. The predicted molar refractivity (Wildman–Crippen MR) is 226 cm³/mol. The van der Waals surface area contributed by atoms with Gasteiger partial charge in [0, 0.05) is 49.9 Å². The number of amides is 7. The summed E-state index contributed by atoms with van der Waals surface area (Å²) in [5, 5.41) is 13.7. The number of rotatable bonds is 29. The molecule has 0 saturated heterocycles. The van der Waals surface area contributed by atoms with Crippen molar-refractivity contribution in [3.8, 4) is 0 Å². The molecule has 59 heavy (non-hydrogen) atoms. The quantitative estimate of drug-likeness (QED) is 0.0425. The van der Waals surface area contributed by atoms with E-state index in [2.05, 4.69) is 37.5 Å². The van der Waals surface area contributed by atoms with E-state index in [0.29, 0.717) is 37.9 Å². The maximum Gasteiger partial charge on any atom is 0.312 e. The van der Waals surface area contributed by atoms with Crippen LogP contribution in [0.4, 0.5) is 10.5 Å². The number of hydroxylamine groups is 2. The van der Waals surface area contributed by atoms with E-state index in [0.717, 1.165) is 18.4 Å². The number of nitrogens with two attached hydrogens (primary N) is 1. The number of ketones is 1. The summed E-state index contributed by atoms with van der Waals surface area (Å²) in [6.45, 7) is 19.2. The number of benzene rings is 1. The fourth-order valence-corrected chi connectivity index (χ4v) is 5.24. The van der Waals surface area contributed by atoms with E-state index >= 15 is 0 Å². The maximum atomic E-state index is 13.5. The third-order valence-electron chi connectivity index (χ3n) is 9.96. The summed E-state index contributed by atoms with van der Waals surface area (Å²) < 4.78 is 0. The Hall–Kier alpha value is -4.61. The Bertz CT molecular complexity index is 1510. The second kappa shape index (κ2) is 26.5. The predicted octanol–water partition coefficient (Wildman–Crippen LogP) is 4.05. The van der Waals surface area contributed by atoms with Gasteiger partial charge in [0.05, 0.1) is 12.1 Å². The Labute approximate surface area is 350 Å². The van der Waals surface area contributed by atoms with Gasteiger partial charge in [0.15, 0.2) is 0 Å². The van der Waals surface area contributed by atoms with Crippen molar-refractivity contribution in [2.45, 2.75) is 157 Å². The Morgan fingerprint density at radius 3 is 1.90 bits per heavy atom. The lowest BCUT2D eigenvalue weighted by Crippen LogP contribution is -2.59. The average molecular weight is 833 g/mol. The largest absolute Gasteiger partial charge is 0.356 e. The second-order valence-corrected chi connectivity index (χ2v) is 16.9. The minimum Gasteiger partial charge on any atom is -0.356 e. The number of urea groups is 1. The minimum absolute atomic E-state index is 0.0178. The van der Waals surface area contributed by atoms with E-state index in [-0.39, 0.29) is 73.7 Å². The van der Waals surface area contributed by atoms with Crippen LogP contribution in [0.15, 0.2) is 24.3 Å². The molecule has 0 aromatic heterocycles. The Morgan fingerprint density at radius 1 is 0.678 bits per heavy atom. The van der Waals surface area contributed by atoms with Crippen molar-refractivity contribution < 1.29 is 43.2 Å². The summed E-state index contributed by atoms with van der Waals surface area (Å²) >= 11 is 0. The van der Waals surface area contributed by atoms with Crippen molar-refractivity contribution in [2.75, 3.05) is 18.4 Å². The molecule has 0 spiro atoms. The number of carbonyl (C=O) groups excluding carboxylic acids is 7. The van der Waals surface area contributed by atoms with E-state index in [1.807, 2.05) is 41.5 Å². The number of carbonyl (C=O) groups is 7. The zero-order chi connectivity index (χ0) is 44.8. The molecule has 334 valence electrons. The van der Waals surface area contributed by atoms with Crippen molar-refractivity contribution in [2.24, 2.45) is 23.5 Å². The van der Waals surface area contributed by atoms with Crippen LogP contribution in [-0.4, -0.2) is 77.7 Å². The highest BCUT2D eigenvalue weighted by atomic mass is 16.7. The fraction of sp³-hybridized carbons (Fsp3) is 0.690. The number of hydrogen-bond acceptors (Lipinski definition) is 10. The number of nitrogens with one attached hydrogen (secondary N) is 7. The second-order valence-electron chi connectivity index (χ2n) is 16.9. The Kier molecular flexibility index (Phi) is 23.5. The topological polar surface area (TPSA) is 248 Å². The standard InChI is InChI=1S/C42H72N8O9/c1-27(2)33(51)17-14-19-34(52)48-36(28(3)4)39(56)47-32(16-15-25-45-40(43)57)38(55)46-31-22-20-30(21-23-31)26-58-50-41(7,8)42(9,10)59-49-35(53)18-12-11-13-24-44-37(54)29(5)6/h20-23,27-29,32,36,50H,11-19,24-26H2,1-10H3,(H,44,54)(H,46,55)(H,47,56)(H,48,52)(H,49,53)(H3,43,45,57)/t32-,36-/m1/s1. The molecule has 0 bridgehead atoms. The summed E-state index contributed by atoms with van der Waals surface area (Å²) in [6, 6.07) is 4.30. The van der Waals surface area contributed by atoms with Crippen LogP contribution in [0, 0.1) is 17.8 Å². The van der Waals surface area contributed by atoms with Crippen LogP contribution in [0.3, 0.4) is 0 Å². The van der Waals surface area contributed by atoms with E-state index in [1.165, 1.54) is 0 Å². The van der Waals surface area contributed by atoms with Crippen LogP contribution in [0.25, 0.3) is 0 Å². The Balaban J connectivity index is 2.74. The molecule has 0 aliphatic carbocycles. The van der Waals surface area contributed by atoms with Crippen LogP contribution in [0.1, 0.15) is 133 Å². The monoisotopic (exact) mass is 833 g/mol. The van der Waals surface area contributed by atoms with Gasteiger partial charge in [0.2, 0.25) is 29.5 Å². The number of hydrogen-bond donors (Lipinski definition) is 8. The number of anilines is 1. The maximum absolute atomic E-state index is 13.5. The first-order valence-electron chi connectivity index (χ1n) is 20.7. The Morgan fingerprint density at radius 2 is 1.31 bits per heavy atom. The lowest BCUT2D eigenvalue weighted by Gasteiger charge is -2.40. The van der Waals surface area contributed by atoms with Crippen molar-refractivity contribution in [1.82, 2.24) is 32.2 Å². The van der Waals surface area contributed by atoms with Gasteiger partial charge in [-0.1, -0.05) is 60.1 Å². The van der Waals surface area contributed by atoms with Gasteiger partial charge in [0.25, 0.3) is 0 Å². The van der Waals surface area contributed by atoms with Crippen molar-refractivity contribution >= 4 is 47.0 Å². The number of primary amides is 1. The third kappa shape index (κ3) is 21.3. The highest BCUT2D eigenvalue weighted by Crippen LogP contribution is 2.25. The molecular formula is C42H72N8O9. The highest BCUT2D eigenvalue weighted by Gasteiger charge is 2.40. The lowest BCUT2D eigenvalue weighted by molar-refractivity contribution is -0.177. The molecule has 1 aromatic rings. The SMILES string of the molecule is CC(C)C(=O)CCCC(=O)N[C@@H](C(=O)N[C@H](CCCNC(N)=O)C(=O)Nc1ccc(CONC(C)(C)C(C)(C)ONC(=O)CCCCCNC(=O)C(C)C)cc1)C(C)C. The molecule has 7 amide bonds. The van der Waals surface area contributed by atoms with Gasteiger partial charge in [-0.15, -0.1) is 0 Å². The van der Waals surface area contributed by atoms with Gasteiger partial charge < -0.3 is 32.3 Å². The van der Waals surface area contributed by atoms with E-state index in [4.69, 9.17) is 15.4 Å². The molecule has 0 aliphatic heterocycles. The summed E-state index contributed by atoms with van der Waals surface area (Å²) in [7, 11) is 0. The first-order valence-corrected chi connectivity index (χ1v) is 20.7. The van der Waals surface area contributed by atoms with Gasteiger partial charge in [-0.25, -0.2) is 10.3 Å². The number of Topliss-reactive ketones (excluding diaryl/α,β-unsaturated/α-hetero) is 1. The van der Waals surface area contributed by atoms with Crippen molar-refractivity contribution in [3.63, 3.8) is 0 Å². The van der Waals surface area contributed by atoms with Gasteiger partial charge in [-0.3, -0.25) is 38.4 Å². The fourth-order valence-electron chi connectivity index (χ4n) is 5.24. The minimum atomic E-state index is -1.00. The third-order valence-corrected chi connectivity index (χ3v) is 9.96. The van der Waals surface area contributed by atoms with Crippen LogP contribution in [-0.2, 0) is 45.0 Å². The van der Waals surface area contributed by atoms with Crippen LogP contribution >= 0.6 is 0 Å². The molecule has 0 saturated carbocycles. The van der Waals surface area contributed by atoms with Crippen LogP contribution in [0.2, 0.25) is 0 Å². The van der Waals surface area contributed by atoms with Gasteiger partial charge in [0.1, 0.15) is 23.5 Å². The summed E-state index contributed by atoms with van der Waals surface area (Å²) in [6.07, 6.45) is 3.78. The first kappa shape index (κ1) is 52.4. The highest BCUT2D eigenvalue weighted by molar-refractivity contribution is 5.98. The molecule has 17 heteroatoms. The molecule has 9 N–H and O–H groups in total. The van der Waals surface area contributed by atoms with E-state index in [9.17, 15) is 33.6 Å². The molecule has 0 radical (unpaired) electrons. The van der Waals surface area contributed by atoms with Crippen LogP contribution < -0.4 is 43.3 Å². The molecule has 0 unspecified atom stereocenters. The average Bonchev–Trinajstić information content (AvgIpc) is 3.15. The van der Waals surface area contributed by atoms with Crippen molar-refractivity contribution in [3.05, 3.63) is 29.8 Å². The van der Waals surface area contributed by atoms with E-state index < -0.39 is 41.1 Å². The zero-order valence-corrected chi connectivity index (χ0v) is 36.9. The molecule has 1 rings (SSSR count). The van der Waals surface area contributed by atoms with Gasteiger partial charge >= 0.3 is 6.03 Å². The smallest absolute Gasteiger partial charge is 0.312 e. The van der Waals surface area contributed by atoms with Gasteiger partial charge in [-0.2, -0.15) is 5.48 Å². The summed E-state index contributed by atoms with van der Waals surface area (Å²) in [5.74, 6) is -2.02. The molecule has 1 aromatic carbocycles. The van der Waals surface area contributed by atoms with Crippen LogP contribution in [0.5, 0.6) is 0 Å². The molecular weight excluding hydrogens is 761 g/mol. The summed E-state index contributed by atoms with van der Waals surface area (Å²) in [4.78, 5) is 98.4. The molecule has 0 heterocycles. The summed E-state index contributed by atoms with van der Waals surface area (Å²) in [5.41, 5.74) is 10.4. The molecule has 0 fully saturated rings.